The van der Waals surface area contributed by atoms with E-state index in [2.05, 4.69) is 61.8 Å². The summed E-state index contributed by atoms with van der Waals surface area (Å²) < 4.78 is 43.4. The molecule has 0 spiro atoms. The molecule has 2 aliphatic rings. The Morgan fingerprint density at radius 1 is 0.933 bits per heavy atom. The number of allylic oxidation sites excluding steroid dienone is 1. The number of rotatable bonds is 26. The number of aromatic nitrogens is 4. The van der Waals surface area contributed by atoms with Crippen LogP contribution in [0.1, 0.15) is 61.9 Å². The molecule has 16 heteroatoms. The molecule has 0 aromatic carbocycles. The summed E-state index contributed by atoms with van der Waals surface area (Å²) in [6.07, 6.45) is 10.5. The van der Waals surface area contributed by atoms with Crippen LogP contribution in [-0.2, 0) is 38.0 Å². The van der Waals surface area contributed by atoms with Gasteiger partial charge >= 0.3 is 0 Å². The number of carbonyl (C=O) groups is 1. The minimum atomic E-state index is -1.37. The zero-order valence-electron chi connectivity index (χ0n) is 37.5. The molecule has 330 valence electrons. The van der Waals surface area contributed by atoms with Crippen molar-refractivity contribution in [1.82, 2.24) is 19.6 Å². The molecule has 1 aliphatic heterocycles. The van der Waals surface area contributed by atoms with Crippen molar-refractivity contribution in [2.75, 3.05) is 79.0 Å². The Kier molecular flexibility index (Phi) is 17.4. The van der Waals surface area contributed by atoms with Crippen LogP contribution in [0.3, 0.4) is 0 Å². The van der Waals surface area contributed by atoms with E-state index in [1.807, 2.05) is 42.2 Å². The normalized spacial score (nSPS) is 18.3. The van der Waals surface area contributed by atoms with Crippen LogP contribution in [0.4, 0.5) is 5.82 Å². The molecule has 0 amide bonds. The number of methoxy groups -OCH3 is 2. The Bertz CT molecular complexity index is 1910. The first kappa shape index (κ1) is 47.4. The van der Waals surface area contributed by atoms with Crippen molar-refractivity contribution in [3.63, 3.8) is 0 Å². The first-order valence-electron chi connectivity index (χ1n) is 21.3. The molecule has 0 unspecified atom stereocenters. The lowest BCUT2D eigenvalue weighted by molar-refractivity contribution is -0.160. The van der Waals surface area contributed by atoms with Gasteiger partial charge in [-0.25, -0.2) is 4.98 Å². The van der Waals surface area contributed by atoms with E-state index in [9.17, 15) is 4.79 Å². The summed E-state index contributed by atoms with van der Waals surface area (Å²) in [6, 6.07) is 6.10. The van der Waals surface area contributed by atoms with Gasteiger partial charge < -0.3 is 38.1 Å². The molecule has 0 saturated heterocycles. The van der Waals surface area contributed by atoms with E-state index in [1.165, 1.54) is 7.11 Å². The number of fused-ring (bicyclic) bond motifs is 1. The zero-order chi connectivity index (χ0) is 43.3. The predicted molar refractivity (Wildman–Crippen MR) is 242 cm³/mol. The molecule has 5 rings (SSSR count). The van der Waals surface area contributed by atoms with Crippen LogP contribution in [0, 0.1) is 0 Å². The van der Waals surface area contributed by atoms with Gasteiger partial charge in [0.05, 0.1) is 48.7 Å². The molecule has 0 bridgehead atoms. The summed E-state index contributed by atoms with van der Waals surface area (Å²) in [4.78, 5) is 30.7. The smallest absolute Gasteiger partial charge is 0.190 e. The number of carbonyl (C=O) groups excluding carboxylic acids is 1. The van der Waals surface area contributed by atoms with Gasteiger partial charge in [0.15, 0.2) is 11.4 Å². The minimum absolute atomic E-state index is 0.0240. The zero-order valence-corrected chi connectivity index (χ0v) is 39.5. The Hall–Kier alpha value is -3.62. The maximum absolute atomic E-state index is 13.8. The molecule has 14 nitrogen and oxygen atoms in total. The summed E-state index contributed by atoms with van der Waals surface area (Å²) in [7, 11) is 0.424. The average molecular weight is 865 g/mol. The first-order valence-corrected chi connectivity index (χ1v) is 28.7. The third kappa shape index (κ3) is 12.7. The van der Waals surface area contributed by atoms with Crippen LogP contribution < -0.4 is 4.90 Å². The quantitative estimate of drug-likeness (QED) is 0.0333. The van der Waals surface area contributed by atoms with E-state index in [0.29, 0.717) is 63.5 Å². The maximum atomic E-state index is 13.8. The van der Waals surface area contributed by atoms with E-state index >= 15 is 0 Å². The standard InChI is InChI=1S/C44H68N6O8Si2/c1-11-57-33(2)40-41(34-16-18-44(19-17-34,58-22-21-52-3)39(51)29-56-32-53-4)48-42-36(35-14-15-38(46-27-35)37-13-12-20-45-37)28-47-50(42)43(40)49(30-54-23-25-59(5,6)7)31-55-24-26-60(8,9)10/h12,14-15,20,27-28,34H,2,11,13,16-19,21-26,29-32H2,1,3-10H3. The first-order chi connectivity index (χ1) is 28.7. The van der Waals surface area contributed by atoms with E-state index in [0.717, 1.165) is 58.1 Å². The van der Waals surface area contributed by atoms with Crippen molar-refractivity contribution in [2.45, 2.75) is 102 Å². The number of Topliss-reactive ketones (excluding diaryl/α,β-unsaturated/α-hetero) is 1. The van der Waals surface area contributed by atoms with Gasteiger partial charge in [-0.05, 0) is 50.8 Å². The monoisotopic (exact) mass is 864 g/mol. The number of nitrogens with zero attached hydrogens (tertiary/aromatic N) is 6. The molecular formula is C44H68N6O8Si2. The SMILES string of the molecule is C=C(OCC)c1c(C2CCC(OCCOC)(C(=O)COCOC)CC2)nc2c(-c3ccc(C4=NC=CC4)nc3)cnn2c1N(COCC[Si](C)(C)C)COCC[Si](C)(C)C. The third-order valence-corrected chi connectivity index (χ3v) is 14.2. The van der Waals surface area contributed by atoms with E-state index in [4.69, 9.17) is 48.2 Å². The Morgan fingerprint density at radius 2 is 1.63 bits per heavy atom. The second kappa shape index (κ2) is 22.0. The Labute approximate surface area is 358 Å². The lowest BCUT2D eigenvalue weighted by Gasteiger charge is -2.39. The van der Waals surface area contributed by atoms with E-state index < -0.39 is 21.7 Å². The number of anilines is 1. The third-order valence-electron chi connectivity index (χ3n) is 10.8. The lowest BCUT2D eigenvalue weighted by atomic mass is 9.74. The molecule has 0 atom stereocenters. The number of hydrogen-bond acceptors (Lipinski definition) is 13. The summed E-state index contributed by atoms with van der Waals surface area (Å²) >= 11 is 0. The van der Waals surface area contributed by atoms with Crippen molar-refractivity contribution >= 4 is 44.9 Å². The number of pyridine rings is 1. The minimum Gasteiger partial charge on any atom is -0.494 e. The van der Waals surface area contributed by atoms with Gasteiger partial charge in [0, 0.05) is 79.4 Å². The highest BCUT2D eigenvalue weighted by Crippen LogP contribution is 2.45. The van der Waals surface area contributed by atoms with Crippen LogP contribution in [-0.4, -0.2) is 127 Å². The van der Waals surface area contributed by atoms with Gasteiger partial charge in [-0.2, -0.15) is 9.61 Å². The highest BCUT2D eigenvalue weighted by atomic mass is 28.3. The maximum Gasteiger partial charge on any atom is 0.190 e. The van der Waals surface area contributed by atoms with E-state index in [1.54, 1.807) is 7.11 Å². The fraction of sp³-hybridized carbons (Fsp3) is 0.614. The van der Waals surface area contributed by atoms with Gasteiger partial charge in [-0.15, -0.1) is 0 Å². The van der Waals surface area contributed by atoms with Crippen LogP contribution in [0.25, 0.3) is 22.5 Å². The molecule has 60 heavy (non-hydrogen) atoms. The molecule has 1 saturated carbocycles. The Morgan fingerprint density at radius 3 is 2.20 bits per heavy atom. The highest BCUT2D eigenvalue weighted by Gasteiger charge is 2.44. The number of ether oxygens (including phenoxy) is 7. The summed E-state index contributed by atoms with van der Waals surface area (Å²) in [5.74, 6) is 1.03. The van der Waals surface area contributed by atoms with Crippen LogP contribution in [0.15, 0.2) is 48.4 Å². The van der Waals surface area contributed by atoms with Crippen molar-refractivity contribution in [1.29, 1.82) is 0 Å². The van der Waals surface area contributed by atoms with Gasteiger partial charge in [0.25, 0.3) is 0 Å². The molecule has 0 radical (unpaired) electrons. The highest BCUT2D eigenvalue weighted by molar-refractivity contribution is 6.76. The van der Waals surface area contributed by atoms with Crippen LogP contribution >= 0.6 is 0 Å². The van der Waals surface area contributed by atoms with Crippen molar-refractivity contribution in [3.8, 4) is 11.1 Å². The van der Waals surface area contributed by atoms with Crippen molar-refractivity contribution < 1.29 is 38.0 Å². The fourth-order valence-corrected chi connectivity index (χ4v) is 8.86. The van der Waals surface area contributed by atoms with Gasteiger partial charge in [-0.3, -0.25) is 14.8 Å². The second-order valence-corrected chi connectivity index (χ2v) is 29.2. The number of aliphatic imine (C=N–C) groups is 1. The Balaban J connectivity index is 1.64. The van der Waals surface area contributed by atoms with Crippen LogP contribution in [0.5, 0.6) is 0 Å². The number of hydrogen-bond donors (Lipinski definition) is 0. The van der Waals surface area contributed by atoms with Crippen molar-refractivity contribution in [2.24, 2.45) is 4.99 Å². The van der Waals surface area contributed by atoms with Crippen LogP contribution in [0.2, 0.25) is 51.4 Å². The molecule has 1 aliphatic carbocycles. The predicted octanol–water partition coefficient (Wildman–Crippen LogP) is 8.19. The molecule has 0 N–H and O–H groups in total. The summed E-state index contributed by atoms with van der Waals surface area (Å²) in [6.45, 7) is 23.3. The van der Waals surface area contributed by atoms with Gasteiger partial charge in [-0.1, -0.05) is 58.0 Å². The average Bonchev–Trinajstić information content (AvgIpc) is 3.91. The fourth-order valence-electron chi connectivity index (χ4n) is 7.35. The number of ketones is 1. The molecule has 3 aromatic heterocycles. The summed E-state index contributed by atoms with van der Waals surface area (Å²) in [5.41, 5.74) is 4.67. The largest absolute Gasteiger partial charge is 0.494 e. The summed E-state index contributed by atoms with van der Waals surface area (Å²) in [5, 5.41) is 5.02. The van der Waals surface area contributed by atoms with Crippen molar-refractivity contribution in [3.05, 3.63) is 60.3 Å². The molecule has 3 aromatic rings. The van der Waals surface area contributed by atoms with E-state index in [-0.39, 0.29) is 45.2 Å². The molecule has 1 fully saturated rings. The second-order valence-electron chi connectivity index (χ2n) is 18.0. The van der Waals surface area contributed by atoms with Gasteiger partial charge in [0.2, 0.25) is 0 Å². The molecular weight excluding hydrogens is 797 g/mol. The van der Waals surface area contributed by atoms with Gasteiger partial charge in [0.1, 0.15) is 44.0 Å². The topological polar surface area (TPSA) is 140 Å². The lowest BCUT2D eigenvalue weighted by Crippen LogP contribution is -2.47. The molecule has 4 heterocycles.